The standard InChI is InChI=1S/C16H16F2N2O3/c17-8-5-11(18)10-7-14(19-13(10)6-8)15(21)20-12-4-2-1-3-9(12)16(22)23/h5-7,9,12,19H,1-4H2,(H,20,21)(H,22,23). The molecule has 1 aliphatic carbocycles. The molecule has 2 atom stereocenters. The minimum atomic E-state index is -0.931. The largest absolute Gasteiger partial charge is 0.481 e. The number of nitrogens with one attached hydrogen (secondary N) is 2. The highest BCUT2D eigenvalue weighted by Crippen LogP contribution is 2.25. The number of benzene rings is 1. The molecule has 1 aromatic carbocycles. The number of H-pyrrole nitrogens is 1. The van der Waals surface area contributed by atoms with Crippen molar-refractivity contribution in [3.63, 3.8) is 0 Å². The van der Waals surface area contributed by atoms with E-state index in [1.54, 1.807) is 0 Å². The lowest BCUT2D eigenvalue weighted by Gasteiger charge is -2.29. The van der Waals surface area contributed by atoms with Gasteiger partial charge in [0.25, 0.3) is 5.91 Å². The van der Waals surface area contributed by atoms with Crippen molar-refractivity contribution in [1.29, 1.82) is 0 Å². The van der Waals surface area contributed by atoms with E-state index in [2.05, 4.69) is 10.3 Å². The molecular formula is C16H16F2N2O3. The monoisotopic (exact) mass is 322 g/mol. The quantitative estimate of drug-likeness (QED) is 0.812. The van der Waals surface area contributed by atoms with Crippen LogP contribution in [0.2, 0.25) is 0 Å². The Morgan fingerprint density at radius 3 is 2.65 bits per heavy atom. The lowest BCUT2D eigenvalue weighted by molar-refractivity contribution is -0.143. The van der Waals surface area contributed by atoms with E-state index in [0.29, 0.717) is 12.8 Å². The summed E-state index contributed by atoms with van der Waals surface area (Å²) in [5.74, 6) is -3.55. The summed E-state index contributed by atoms with van der Waals surface area (Å²) in [6.45, 7) is 0. The van der Waals surface area contributed by atoms with Gasteiger partial charge in [0.2, 0.25) is 0 Å². The summed E-state index contributed by atoms with van der Waals surface area (Å²) in [5.41, 5.74) is 0.269. The first kappa shape index (κ1) is 15.5. The van der Waals surface area contributed by atoms with Gasteiger partial charge in [-0.15, -0.1) is 0 Å². The maximum atomic E-state index is 13.7. The van der Waals surface area contributed by atoms with Gasteiger partial charge in [0.15, 0.2) is 0 Å². The number of carbonyl (C=O) groups excluding carboxylic acids is 1. The predicted molar refractivity (Wildman–Crippen MR) is 79.1 cm³/mol. The van der Waals surface area contributed by atoms with Crippen LogP contribution >= 0.6 is 0 Å². The molecule has 1 amide bonds. The molecule has 2 unspecified atom stereocenters. The molecule has 7 heteroatoms. The fraction of sp³-hybridized carbons (Fsp3) is 0.375. The van der Waals surface area contributed by atoms with Gasteiger partial charge in [-0.3, -0.25) is 9.59 Å². The molecule has 5 nitrogen and oxygen atoms in total. The molecular weight excluding hydrogens is 306 g/mol. The highest BCUT2D eigenvalue weighted by Gasteiger charge is 2.32. The summed E-state index contributed by atoms with van der Waals surface area (Å²) in [4.78, 5) is 26.2. The first-order valence-corrected chi connectivity index (χ1v) is 7.47. The van der Waals surface area contributed by atoms with Gasteiger partial charge >= 0.3 is 5.97 Å². The average Bonchev–Trinajstić information content (AvgIpc) is 2.92. The van der Waals surface area contributed by atoms with Crippen LogP contribution in [0.1, 0.15) is 36.2 Å². The number of rotatable bonds is 3. The first-order valence-electron chi connectivity index (χ1n) is 7.47. The smallest absolute Gasteiger partial charge is 0.308 e. The zero-order valence-corrected chi connectivity index (χ0v) is 12.2. The number of aromatic amines is 1. The van der Waals surface area contributed by atoms with Gasteiger partial charge in [-0.2, -0.15) is 0 Å². The maximum Gasteiger partial charge on any atom is 0.308 e. The number of carboxylic acid groups (broad SMARTS) is 1. The van der Waals surface area contributed by atoms with Crippen molar-refractivity contribution in [2.45, 2.75) is 31.7 Å². The average molecular weight is 322 g/mol. The molecule has 1 heterocycles. The zero-order chi connectivity index (χ0) is 16.6. The number of carbonyl (C=O) groups is 2. The van der Waals surface area contributed by atoms with Gasteiger partial charge in [-0.25, -0.2) is 8.78 Å². The van der Waals surface area contributed by atoms with E-state index in [9.17, 15) is 23.5 Å². The van der Waals surface area contributed by atoms with Crippen LogP contribution in [0.4, 0.5) is 8.78 Å². The molecule has 23 heavy (non-hydrogen) atoms. The van der Waals surface area contributed by atoms with Crippen molar-refractivity contribution in [2.75, 3.05) is 0 Å². The number of carboxylic acids is 1. The van der Waals surface area contributed by atoms with Crippen molar-refractivity contribution < 1.29 is 23.5 Å². The molecule has 0 aliphatic heterocycles. The lowest BCUT2D eigenvalue weighted by atomic mass is 9.84. The number of fused-ring (bicyclic) bond motifs is 1. The van der Waals surface area contributed by atoms with Crippen LogP contribution in [0.5, 0.6) is 0 Å². The van der Waals surface area contributed by atoms with Gasteiger partial charge in [0.05, 0.1) is 11.4 Å². The number of aliphatic carboxylic acids is 1. The van der Waals surface area contributed by atoms with Gasteiger partial charge < -0.3 is 15.4 Å². The highest BCUT2D eigenvalue weighted by atomic mass is 19.1. The molecule has 1 saturated carbocycles. The van der Waals surface area contributed by atoms with E-state index < -0.39 is 35.5 Å². The minimum Gasteiger partial charge on any atom is -0.481 e. The van der Waals surface area contributed by atoms with Crippen LogP contribution in [0.15, 0.2) is 18.2 Å². The Hall–Kier alpha value is -2.44. The van der Waals surface area contributed by atoms with Gasteiger partial charge in [-0.05, 0) is 25.0 Å². The number of hydrogen-bond acceptors (Lipinski definition) is 2. The van der Waals surface area contributed by atoms with E-state index in [0.717, 1.165) is 25.0 Å². The zero-order valence-electron chi connectivity index (χ0n) is 12.2. The molecule has 0 saturated heterocycles. The van der Waals surface area contributed by atoms with Gasteiger partial charge in [0.1, 0.15) is 17.3 Å². The van der Waals surface area contributed by atoms with Crippen LogP contribution in [-0.4, -0.2) is 28.0 Å². The molecule has 0 bridgehead atoms. The summed E-state index contributed by atoms with van der Waals surface area (Å²) in [7, 11) is 0. The van der Waals surface area contributed by atoms with Crippen LogP contribution in [0.25, 0.3) is 10.9 Å². The van der Waals surface area contributed by atoms with Gasteiger partial charge in [0, 0.05) is 17.5 Å². The van der Waals surface area contributed by atoms with Crippen molar-refractivity contribution >= 4 is 22.8 Å². The predicted octanol–water partition coefficient (Wildman–Crippen LogP) is 2.82. The van der Waals surface area contributed by atoms with Crippen molar-refractivity contribution in [3.8, 4) is 0 Å². The SMILES string of the molecule is O=C(NC1CCCCC1C(=O)O)c1cc2c(F)cc(F)cc2[nH]1. The Balaban J connectivity index is 1.83. The van der Waals surface area contributed by atoms with Crippen LogP contribution < -0.4 is 5.32 Å². The van der Waals surface area contributed by atoms with Crippen molar-refractivity contribution in [2.24, 2.45) is 5.92 Å². The molecule has 2 aromatic rings. The Morgan fingerprint density at radius 1 is 1.17 bits per heavy atom. The molecule has 1 fully saturated rings. The van der Waals surface area contributed by atoms with E-state index in [1.165, 1.54) is 6.07 Å². The van der Waals surface area contributed by atoms with Crippen LogP contribution in [-0.2, 0) is 4.79 Å². The number of hydrogen-bond donors (Lipinski definition) is 3. The third-order valence-electron chi connectivity index (χ3n) is 4.30. The van der Waals surface area contributed by atoms with Crippen molar-refractivity contribution in [3.05, 3.63) is 35.5 Å². The number of amides is 1. The Kier molecular flexibility index (Phi) is 4.02. The maximum absolute atomic E-state index is 13.7. The minimum absolute atomic E-state index is 0.0826. The third-order valence-corrected chi connectivity index (χ3v) is 4.30. The summed E-state index contributed by atoms with van der Waals surface area (Å²) in [6, 6.07) is 2.70. The van der Waals surface area contributed by atoms with Gasteiger partial charge in [-0.1, -0.05) is 12.8 Å². The summed E-state index contributed by atoms with van der Waals surface area (Å²) in [5, 5.41) is 12.0. The van der Waals surface area contributed by atoms with E-state index >= 15 is 0 Å². The molecule has 3 rings (SSSR count). The third kappa shape index (κ3) is 3.04. The molecule has 3 N–H and O–H groups in total. The molecule has 0 spiro atoms. The van der Waals surface area contributed by atoms with E-state index in [-0.39, 0.29) is 16.6 Å². The fourth-order valence-electron chi connectivity index (χ4n) is 3.13. The summed E-state index contributed by atoms with van der Waals surface area (Å²) >= 11 is 0. The van der Waals surface area contributed by atoms with Crippen LogP contribution in [0.3, 0.4) is 0 Å². The molecule has 1 aliphatic rings. The highest BCUT2D eigenvalue weighted by molar-refractivity contribution is 5.98. The topological polar surface area (TPSA) is 82.2 Å². The van der Waals surface area contributed by atoms with Crippen molar-refractivity contribution in [1.82, 2.24) is 10.3 Å². The molecule has 122 valence electrons. The summed E-state index contributed by atoms with van der Waals surface area (Å²) < 4.78 is 26.9. The first-order chi connectivity index (χ1) is 11.0. The summed E-state index contributed by atoms with van der Waals surface area (Å²) in [6.07, 6.45) is 2.78. The van der Waals surface area contributed by atoms with E-state index in [4.69, 9.17) is 0 Å². The lowest BCUT2D eigenvalue weighted by Crippen LogP contribution is -2.45. The Labute approximate surface area is 130 Å². The molecule has 0 radical (unpaired) electrons. The fourth-order valence-corrected chi connectivity index (χ4v) is 3.13. The van der Waals surface area contributed by atoms with E-state index in [1.807, 2.05) is 0 Å². The Morgan fingerprint density at radius 2 is 1.91 bits per heavy atom. The Bertz CT molecular complexity index is 772. The molecule has 1 aromatic heterocycles. The second-order valence-electron chi connectivity index (χ2n) is 5.84. The number of aromatic nitrogens is 1. The normalized spacial score (nSPS) is 21.3. The number of halogens is 2. The second-order valence-corrected chi connectivity index (χ2v) is 5.84. The van der Waals surface area contributed by atoms with Crippen LogP contribution in [0, 0.1) is 17.6 Å². The second kappa shape index (κ2) is 5.98.